The first-order valence-corrected chi connectivity index (χ1v) is 5.83. The molecule has 4 N–H and O–H groups in total. The number of halogens is 1. The smallest absolute Gasteiger partial charge is 0.0766 e. The van der Waals surface area contributed by atoms with Gasteiger partial charge in [-0.05, 0) is 24.5 Å². The second kappa shape index (κ2) is 5.97. The molecule has 0 spiro atoms. The van der Waals surface area contributed by atoms with Crippen LogP contribution in [0, 0.1) is 5.92 Å². The molecule has 16 heavy (non-hydrogen) atoms. The van der Waals surface area contributed by atoms with Crippen molar-refractivity contribution in [2.24, 2.45) is 5.92 Å². The van der Waals surface area contributed by atoms with Crippen molar-refractivity contribution < 1.29 is 5.11 Å². The van der Waals surface area contributed by atoms with Crippen LogP contribution in [0.2, 0.25) is 5.02 Å². The molecule has 1 unspecified atom stereocenters. The van der Waals surface area contributed by atoms with E-state index in [-0.39, 0.29) is 12.6 Å². The number of hydrogen-bond donors (Lipinski definition) is 3. The zero-order valence-electron chi connectivity index (χ0n) is 9.70. The molecule has 1 rings (SSSR count). The van der Waals surface area contributed by atoms with E-state index >= 15 is 0 Å². The third kappa shape index (κ3) is 3.58. The van der Waals surface area contributed by atoms with Crippen molar-refractivity contribution in [1.82, 2.24) is 0 Å². The highest BCUT2D eigenvalue weighted by atomic mass is 35.5. The second-order valence-electron chi connectivity index (χ2n) is 4.36. The van der Waals surface area contributed by atoms with Crippen LogP contribution in [0.5, 0.6) is 0 Å². The van der Waals surface area contributed by atoms with Gasteiger partial charge in [0.15, 0.2) is 0 Å². The summed E-state index contributed by atoms with van der Waals surface area (Å²) < 4.78 is 0. The molecule has 1 atom stereocenters. The van der Waals surface area contributed by atoms with E-state index in [0.29, 0.717) is 22.3 Å². The minimum Gasteiger partial charge on any atom is -0.397 e. The van der Waals surface area contributed by atoms with Crippen LogP contribution in [0.3, 0.4) is 0 Å². The molecule has 90 valence electrons. The number of benzene rings is 1. The molecule has 0 amide bonds. The van der Waals surface area contributed by atoms with Gasteiger partial charge in [0.2, 0.25) is 0 Å². The summed E-state index contributed by atoms with van der Waals surface area (Å²) >= 11 is 6.04. The van der Waals surface area contributed by atoms with Gasteiger partial charge in [-0.15, -0.1) is 0 Å². The maximum atomic E-state index is 9.27. The number of hydrogen-bond acceptors (Lipinski definition) is 3. The Balaban J connectivity index is 2.77. The average molecular weight is 243 g/mol. The van der Waals surface area contributed by atoms with E-state index in [1.807, 2.05) is 0 Å². The summed E-state index contributed by atoms with van der Waals surface area (Å²) in [6.45, 7) is 4.30. The first kappa shape index (κ1) is 13.1. The second-order valence-corrected chi connectivity index (χ2v) is 4.76. The monoisotopic (exact) mass is 242 g/mol. The quantitative estimate of drug-likeness (QED) is 0.696. The van der Waals surface area contributed by atoms with Gasteiger partial charge in [-0.1, -0.05) is 31.5 Å². The highest BCUT2D eigenvalue weighted by Gasteiger charge is 2.12. The molecule has 0 saturated heterocycles. The zero-order valence-corrected chi connectivity index (χ0v) is 10.5. The molecule has 0 heterocycles. The van der Waals surface area contributed by atoms with Crippen molar-refractivity contribution in [3.63, 3.8) is 0 Å². The van der Waals surface area contributed by atoms with Crippen molar-refractivity contribution in [2.45, 2.75) is 26.3 Å². The van der Waals surface area contributed by atoms with Gasteiger partial charge in [-0.3, -0.25) is 0 Å². The Morgan fingerprint density at radius 1 is 1.44 bits per heavy atom. The lowest BCUT2D eigenvalue weighted by Crippen LogP contribution is -2.26. The third-order valence-electron chi connectivity index (χ3n) is 2.37. The van der Waals surface area contributed by atoms with Crippen molar-refractivity contribution in [3.8, 4) is 0 Å². The fourth-order valence-electron chi connectivity index (χ4n) is 1.65. The minimum atomic E-state index is -0.0119. The number of aliphatic hydroxyl groups excluding tert-OH is 1. The molecule has 0 saturated carbocycles. The molecular formula is C12H19ClN2O. The van der Waals surface area contributed by atoms with Crippen molar-refractivity contribution >= 4 is 23.0 Å². The van der Waals surface area contributed by atoms with E-state index in [0.717, 1.165) is 6.42 Å². The Hall–Kier alpha value is -0.930. The maximum absolute atomic E-state index is 9.27. The molecular weight excluding hydrogens is 224 g/mol. The summed E-state index contributed by atoms with van der Waals surface area (Å²) in [4.78, 5) is 0. The van der Waals surface area contributed by atoms with Gasteiger partial charge in [0, 0.05) is 6.04 Å². The fourth-order valence-corrected chi connectivity index (χ4v) is 1.88. The van der Waals surface area contributed by atoms with Gasteiger partial charge in [-0.2, -0.15) is 0 Å². The number of aliphatic hydroxyl groups is 1. The van der Waals surface area contributed by atoms with E-state index in [9.17, 15) is 5.11 Å². The minimum absolute atomic E-state index is 0.0119. The van der Waals surface area contributed by atoms with Gasteiger partial charge >= 0.3 is 0 Å². The molecule has 0 aliphatic heterocycles. The fraction of sp³-hybridized carbons (Fsp3) is 0.500. The van der Waals surface area contributed by atoms with Crippen molar-refractivity contribution in [1.29, 1.82) is 0 Å². The van der Waals surface area contributed by atoms with Crippen molar-refractivity contribution in [3.05, 3.63) is 23.2 Å². The van der Waals surface area contributed by atoms with Gasteiger partial charge in [0.25, 0.3) is 0 Å². The van der Waals surface area contributed by atoms with Gasteiger partial charge in [0.05, 0.1) is 23.0 Å². The van der Waals surface area contributed by atoms with Crippen LogP contribution in [0.25, 0.3) is 0 Å². The topological polar surface area (TPSA) is 58.3 Å². The van der Waals surface area contributed by atoms with Crippen LogP contribution < -0.4 is 11.1 Å². The molecule has 0 fully saturated rings. The van der Waals surface area contributed by atoms with Crippen molar-refractivity contribution in [2.75, 3.05) is 17.7 Å². The Labute approximate surface area is 102 Å². The summed E-state index contributed by atoms with van der Waals surface area (Å²) in [5.74, 6) is 0.508. The van der Waals surface area contributed by atoms with E-state index in [2.05, 4.69) is 19.2 Å². The molecule has 3 nitrogen and oxygen atoms in total. The molecule has 0 aromatic heterocycles. The number of nitrogen functional groups attached to an aromatic ring is 1. The largest absolute Gasteiger partial charge is 0.397 e. The average Bonchev–Trinajstić information content (AvgIpc) is 2.21. The molecule has 1 aromatic rings. The predicted molar refractivity (Wildman–Crippen MR) is 69.8 cm³/mol. The van der Waals surface area contributed by atoms with Crippen LogP contribution >= 0.6 is 11.6 Å². The SMILES string of the molecule is CC(C)CC(CO)Nc1c(N)cccc1Cl. The van der Waals surface area contributed by atoms with Crippen LogP contribution in [-0.2, 0) is 0 Å². The summed E-state index contributed by atoms with van der Waals surface area (Å²) in [5, 5.41) is 13.0. The molecule has 0 radical (unpaired) electrons. The van der Waals surface area contributed by atoms with Gasteiger partial charge < -0.3 is 16.2 Å². The van der Waals surface area contributed by atoms with Crippen LogP contribution in [0.15, 0.2) is 18.2 Å². The summed E-state index contributed by atoms with van der Waals surface area (Å²) in [6, 6.07) is 5.36. The van der Waals surface area contributed by atoms with E-state index in [4.69, 9.17) is 17.3 Å². The number of anilines is 2. The lowest BCUT2D eigenvalue weighted by atomic mass is 10.0. The molecule has 1 aromatic carbocycles. The van der Waals surface area contributed by atoms with E-state index in [1.165, 1.54) is 0 Å². The Morgan fingerprint density at radius 3 is 2.62 bits per heavy atom. The standard InChI is InChI=1S/C12H19ClN2O/c1-8(2)6-9(7-16)15-12-10(13)4-3-5-11(12)14/h3-5,8-9,15-16H,6-7,14H2,1-2H3. The highest BCUT2D eigenvalue weighted by Crippen LogP contribution is 2.29. The van der Waals surface area contributed by atoms with Crippen LogP contribution in [-0.4, -0.2) is 17.8 Å². The van der Waals surface area contributed by atoms with Crippen LogP contribution in [0.4, 0.5) is 11.4 Å². The van der Waals surface area contributed by atoms with Gasteiger partial charge in [0.1, 0.15) is 0 Å². The Bertz CT molecular complexity index is 322. The van der Waals surface area contributed by atoms with Gasteiger partial charge in [-0.25, -0.2) is 0 Å². The normalized spacial score (nSPS) is 12.8. The van der Waals surface area contributed by atoms with E-state index in [1.54, 1.807) is 18.2 Å². The first-order valence-electron chi connectivity index (χ1n) is 5.46. The third-order valence-corrected chi connectivity index (χ3v) is 2.69. The lowest BCUT2D eigenvalue weighted by Gasteiger charge is -2.21. The number of rotatable bonds is 5. The van der Waals surface area contributed by atoms with Crippen LogP contribution in [0.1, 0.15) is 20.3 Å². The molecule has 4 heteroatoms. The predicted octanol–water partition coefficient (Wildman–Crippen LogP) is 2.74. The summed E-state index contributed by atoms with van der Waals surface area (Å²) in [6.07, 6.45) is 0.876. The molecule has 0 aliphatic rings. The highest BCUT2D eigenvalue weighted by molar-refractivity contribution is 6.33. The molecule has 0 aliphatic carbocycles. The van der Waals surface area contributed by atoms with E-state index < -0.39 is 0 Å². The summed E-state index contributed by atoms with van der Waals surface area (Å²) in [5.41, 5.74) is 7.14. The molecule has 0 bridgehead atoms. The number of nitrogens with one attached hydrogen (secondary N) is 1. The summed E-state index contributed by atoms with van der Waals surface area (Å²) in [7, 11) is 0. The Morgan fingerprint density at radius 2 is 2.12 bits per heavy atom. The maximum Gasteiger partial charge on any atom is 0.0766 e. The lowest BCUT2D eigenvalue weighted by molar-refractivity contribution is 0.259. The number of para-hydroxylation sites is 1. The first-order chi connectivity index (χ1) is 7.54. The number of nitrogens with two attached hydrogens (primary N) is 1. The Kier molecular flexibility index (Phi) is 4.90. The zero-order chi connectivity index (χ0) is 12.1.